The summed E-state index contributed by atoms with van der Waals surface area (Å²) in [5.41, 5.74) is 2.46. The van der Waals surface area contributed by atoms with Gasteiger partial charge in [0.2, 0.25) is 0 Å². The number of rotatable bonds is 8. The minimum atomic E-state index is -4.12. The smallest absolute Gasteiger partial charge is 0.261 e. The molecular weight excluding hydrogens is 464 g/mol. The minimum Gasteiger partial charge on any atom is -0.348 e. The number of aromatic nitrogens is 3. The quantitative estimate of drug-likeness (QED) is 0.400. The Bertz CT molecular complexity index is 1390. The number of anilines is 1. The van der Waals surface area contributed by atoms with Gasteiger partial charge in [-0.05, 0) is 53.6 Å². The lowest BCUT2D eigenvalue weighted by atomic mass is 10.1. The van der Waals surface area contributed by atoms with E-state index in [1.807, 2.05) is 24.3 Å². The van der Waals surface area contributed by atoms with Crippen LogP contribution in [0, 0.1) is 11.6 Å². The third-order valence-corrected chi connectivity index (χ3v) is 6.27. The van der Waals surface area contributed by atoms with E-state index in [2.05, 4.69) is 20.1 Å². The Labute approximate surface area is 194 Å². The van der Waals surface area contributed by atoms with Crippen LogP contribution in [0.1, 0.15) is 21.5 Å². The van der Waals surface area contributed by atoms with Crippen LogP contribution < -0.4 is 10.0 Å². The van der Waals surface area contributed by atoms with Crippen molar-refractivity contribution in [1.82, 2.24) is 20.1 Å². The number of amides is 1. The first-order valence-corrected chi connectivity index (χ1v) is 11.5. The normalized spacial score (nSPS) is 11.2. The molecule has 0 spiro atoms. The largest absolute Gasteiger partial charge is 0.348 e. The molecule has 34 heavy (non-hydrogen) atoms. The molecule has 11 heteroatoms. The van der Waals surface area contributed by atoms with E-state index in [0.717, 1.165) is 23.3 Å². The van der Waals surface area contributed by atoms with Gasteiger partial charge in [-0.2, -0.15) is 5.10 Å². The third-order valence-electron chi connectivity index (χ3n) is 4.89. The van der Waals surface area contributed by atoms with Gasteiger partial charge in [0.15, 0.2) is 11.6 Å². The molecule has 8 nitrogen and oxygen atoms in total. The van der Waals surface area contributed by atoms with E-state index < -0.39 is 26.6 Å². The highest BCUT2D eigenvalue weighted by Crippen LogP contribution is 2.19. The minimum absolute atomic E-state index is 0.171. The van der Waals surface area contributed by atoms with Crippen LogP contribution >= 0.6 is 0 Å². The molecule has 0 aliphatic heterocycles. The van der Waals surface area contributed by atoms with Gasteiger partial charge in [0.1, 0.15) is 12.7 Å². The van der Waals surface area contributed by atoms with Crippen LogP contribution in [0.2, 0.25) is 0 Å². The van der Waals surface area contributed by atoms with Crippen molar-refractivity contribution < 1.29 is 22.0 Å². The van der Waals surface area contributed by atoms with E-state index in [4.69, 9.17) is 0 Å². The van der Waals surface area contributed by atoms with Crippen LogP contribution in [-0.2, 0) is 23.1 Å². The van der Waals surface area contributed by atoms with Gasteiger partial charge in [-0.15, -0.1) is 0 Å². The first-order valence-electron chi connectivity index (χ1n) is 10.1. The number of nitrogens with one attached hydrogen (secondary N) is 2. The average Bonchev–Trinajstić information content (AvgIpc) is 3.33. The van der Waals surface area contributed by atoms with Gasteiger partial charge >= 0.3 is 0 Å². The third kappa shape index (κ3) is 5.62. The second-order valence-electron chi connectivity index (χ2n) is 7.35. The molecule has 0 atom stereocenters. The molecule has 174 valence electrons. The summed E-state index contributed by atoms with van der Waals surface area (Å²) in [6.45, 7) is 0.909. The molecule has 0 saturated carbocycles. The average molecular weight is 484 g/mol. The lowest BCUT2D eigenvalue weighted by Gasteiger charge is -2.10. The van der Waals surface area contributed by atoms with Crippen molar-refractivity contribution >= 4 is 21.6 Å². The molecule has 4 aromatic rings. The standard InChI is InChI=1S/C23H19F2N5O3S/c24-21-10-9-20(11-22(21)25)34(32,33)29-19-7-5-18(6-8-19)23(31)27-12-16-1-3-17(4-2-16)13-30-15-26-14-28-30/h1-11,14-15,29H,12-13H2,(H,27,31). The number of hydrogen-bond acceptors (Lipinski definition) is 5. The second-order valence-corrected chi connectivity index (χ2v) is 9.03. The monoisotopic (exact) mass is 483 g/mol. The Morgan fingerprint density at radius 1 is 0.912 bits per heavy atom. The van der Waals surface area contributed by atoms with Gasteiger partial charge < -0.3 is 5.32 Å². The zero-order valence-electron chi connectivity index (χ0n) is 17.7. The van der Waals surface area contributed by atoms with Crippen molar-refractivity contribution in [3.8, 4) is 0 Å². The summed E-state index contributed by atoms with van der Waals surface area (Å²) in [6, 6.07) is 15.7. The fraction of sp³-hybridized carbons (Fsp3) is 0.0870. The lowest BCUT2D eigenvalue weighted by Crippen LogP contribution is -2.22. The van der Waals surface area contributed by atoms with E-state index in [-0.39, 0.29) is 11.6 Å². The van der Waals surface area contributed by atoms with Gasteiger partial charge in [0.25, 0.3) is 15.9 Å². The maximum absolute atomic E-state index is 13.4. The molecule has 0 fully saturated rings. The highest BCUT2D eigenvalue weighted by Gasteiger charge is 2.17. The molecule has 2 N–H and O–H groups in total. The van der Waals surface area contributed by atoms with Crippen LogP contribution in [0.4, 0.5) is 14.5 Å². The zero-order chi connectivity index (χ0) is 24.1. The van der Waals surface area contributed by atoms with Gasteiger partial charge in [-0.25, -0.2) is 26.9 Å². The van der Waals surface area contributed by atoms with Crippen LogP contribution in [0.25, 0.3) is 0 Å². The van der Waals surface area contributed by atoms with E-state index in [1.54, 1.807) is 11.0 Å². The molecule has 1 heterocycles. The summed E-state index contributed by atoms with van der Waals surface area (Å²) in [7, 11) is -4.12. The Morgan fingerprint density at radius 3 is 2.26 bits per heavy atom. The Kier molecular flexibility index (Phi) is 6.64. The molecule has 0 saturated heterocycles. The first-order chi connectivity index (χ1) is 16.3. The molecule has 3 aromatic carbocycles. The lowest BCUT2D eigenvalue weighted by molar-refractivity contribution is 0.0951. The van der Waals surface area contributed by atoms with E-state index in [9.17, 15) is 22.0 Å². The Hall–Kier alpha value is -4.12. The predicted molar refractivity (Wildman–Crippen MR) is 120 cm³/mol. The number of hydrogen-bond donors (Lipinski definition) is 2. The van der Waals surface area contributed by atoms with Crippen molar-refractivity contribution in [2.75, 3.05) is 4.72 Å². The number of nitrogens with zero attached hydrogens (tertiary/aromatic N) is 3. The second kappa shape index (κ2) is 9.79. The highest BCUT2D eigenvalue weighted by atomic mass is 32.2. The molecule has 0 unspecified atom stereocenters. The summed E-state index contributed by atoms with van der Waals surface area (Å²) in [5.74, 6) is -2.74. The molecule has 1 aromatic heterocycles. The van der Waals surface area contributed by atoms with Crippen molar-refractivity contribution in [2.24, 2.45) is 0 Å². The van der Waals surface area contributed by atoms with Crippen molar-refractivity contribution in [3.63, 3.8) is 0 Å². The van der Waals surface area contributed by atoms with Crippen LogP contribution in [0.15, 0.2) is 84.3 Å². The number of carbonyl (C=O) groups is 1. The van der Waals surface area contributed by atoms with Crippen molar-refractivity contribution in [3.05, 3.63) is 108 Å². The topological polar surface area (TPSA) is 106 Å². The fourth-order valence-corrected chi connectivity index (χ4v) is 4.17. The SMILES string of the molecule is O=C(NCc1ccc(Cn2cncn2)cc1)c1ccc(NS(=O)(=O)c2ccc(F)c(F)c2)cc1. The fourth-order valence-electron chi connectivity index (χ4n) is 3.10. The van der Waals surface area contributed by atoms with Crippen LogP contribution in [0.5, 0.6) is 0 Å². The molecule has 0 bridgehead atoms. The number of halogens is 2. The Balaban J connectivity index is 1.33. The van der Waals surface area contributed by atoms with E-state index >= 15 is 0 Å². The summed E-state index contributed by atoms with van der Waals surface area (Å²) in [5, 5.41) is 6.86. The Morgan fingerprint density at radius 2 is 1.62 bits per heavy atom. The summed E-state index contributed by atoms with van der Waals surface area (Å²) < 4.78 is 55.1. The maximum Gasteiger partial charge on any atom is 0.261 e. The molecular formula is C23H19F2N5O3S. The maximum atomic E-state index is 13.4. The first kappa shape index (κ1) is 23.1. The number of sulfonamides is 1. The highest BCUT2D eigenvalue weighted by molar-refractivity contribution is 7.92. The number of benzene rings is 3. The molecule has 1 amide bonds. The summed E-state index contributed by atoms with van der Waals surface area (Å²) in [6.07, 6.45) is 3.10. The van der Waals surface area contributed by atoms with Gasteiger partial charge in [0.05, 0.1) is 11.4 Å². The zero-order valence-corrected chi connectivity index (χ0v) is 18.5. The molecule has 4 rings (SSSR count). The molecule has 0 radical (unpaired) electrons. The van der Waals surface area contributed by atoms with E-state index in [0.29, 0.717) is 24.7 Å². The van der Waals surface area contributed by atoms with E-state index in [1.165, 1.54) is 30.6 Å². The molecule has 0 aliphatic carbocycles. The van der Waals surface area contributed by atoms with Crippen molar-refractivity contribution in [1.29, 1.82) is 0 Å². The molecule has 0 aliphatic rings. The summed E-state index contributed by atoms with van der Waals surface area (Å²) in [4.78, 5) is 15.9. The van der Waals surface area contributed by atoms with Crippen LogP contribution in [-0.4, -0.2) is 29.1 Å². The van der Waals surface area contributed by atoms with Gasteiger partial charge in [-0.1, -0.05) is 24.3 Å². The van der Waals surface area contributed by atoms with Crippen molar-refractivity contribution in [2.45, 2.75) is 18.0 Å². The van der Waals surface area contributed by atoms with Gasteiger partial charge in [-0.3, -0.25) is 9.52 Å². The number of carbonyl (C=O) groups excluding carboxylic acids is 1. The predicted octanol–water partition coefficient (Wildman–Crippen LogP) is 3.34. The van der Waals surface area contributed by atoms with Gasteiger partial charge in [0, 0.05) is 17.8 Å². The van der Waals surface area contributed by atoms with Crippen LogP contribution in [0.3, 0.4) is 0 Å². The summed E-state index contributed by atoms with van der Waals surface area (Å²) >= 11 is 0.